The molecule has 2 aromatic rings. The number of rotatable bonds is 5. The molecule has 0 aliphatic carbocycles. The molecule has 7 heteroatoms. The fourth-order valence-corrected chi connectivity index (χ4v) is 1.38. The molecule has 86 valence electrons. The van der Waals surface area contributed by atoms with E-state index in [9.17, 15) is 0 Å². The summed E-state index contributed by atoms with van der Waals surface area (Å²) >= 11 is 0. The van der Waals surface area contributed by atoms with Crippen molar-refractivity contribution in [2.75, 3.05) is 6.54 Å². The van der Waals surface area contributed by atoms with E-state index in [1.54, 1.807) is 9.36 Å². The molecule has 0 radical (unpaired) electrons. The number of aromatic nitrogens is 6. The first kappa shape index (κ1) is 10.7. The zero-order chi connectivity index (χ0) is 11.4. The Hall–Kier alpha value is -1.76. The van der Waals surface area contributed by atoms with Gasteiger partial charge in [0, 0.05) is 19.8 Å². The lowest BCUT2D eigenvalue weighted by molar-refractivity contribution is 0.635. The van der Waals surface area contributed by atoms with E-state index in [1.165, 1.54) is 0 Å². The van der Waals surface area contributed by atoms with Gasteiger partial charge in [-0.2, -0.15) is 0 Å². The molecule has 2 heterocycles. The Bertz CT molecular complexity index is 444. The predicted octanol–water partition coefficient (Wildman–Crippen LogP) is -0.436. The van der Waals surface area contributed by atoms with E-state index in [4.69, 9.17) is 0 Å². The van der Waals surface area contributed by atoms with Crippen LogP contribution in [0.2, 0.25) is 0 Å². The number of nitrogens with zero attached hydrogens (tertiary/aromatic N) is 6. The maximum atomic E-state index is 4.05. The van der Waals surface area contributed by atoms with Crippen LogP contribution in [0.5, 0.6) is 0 Å². The third-order valence-electron chi connectivity index (χ3n) is 2.12. The average Bonchev–Trinajstić information content (AvgIpc) is 2.86. The van der Waals surface area contributed by atoms with E-state index in [0.717, 1.165) is 24.5 Å². The molecule has 0 saturated carbocycles. The standard InChI is InChI=1S/C9H15N7/c1-3-10-4-8-6-16(14-11-8)7-9-5-15(2)13-12-9/h5-6,10H,3-4,7H2,1-2H3. The van der Waals surface area contributed by atoms with E-state index in [-0.39, 0.29) is 0 Å². The summed E-state index contributed by atoms with van der Waals surface area (Å²) in [5.74, 6) is 0. The van der Waals surface area contributed by atoms with E-state index >= 15 is 0 Å². The smallest absolute Gasteiger partial charge is 0.104 e. The third-order valence-corrected chi connectivity index (χ3v) is 2.12. The van der Waals surface area contributed by atoms with Gasteiger partial charge in [0.15, 0.2) is 0 Å². The average molecular weight is 221 g/mol. The van der Waals surface area contributed by atoms with Crippen molar-refractivity contribution in [3.8, 4) is 0 Å². The molecule has 1 N–H and O–H groups in total. The summed E-state index contributed by atoms with van der Waals surface area (Å²) in [6.07, 6.45) is 3.78. The summed E-state index contributed by atoms with van der Waals surface area (Å²) in [6, 6.07) is 0. The summed E-state index contributed by atoms with van der Waals surface area (Å²) in [4.78, 5) is 0. The first-order valence-electron chi connectivity index (χ1n) is 5.23. The first-order valence-corrected chi connectivity index (χ1v) is 5.23. The molecule has 16 heavy (non-hydrogen) atoms. The van der Waals surface area contributed by atoms with Crippen molar-refractivity contribution >= 4 is 0 Å². The number of hydrogen-bond acceptors (Lipinski definition) is 5. The lowest BCUT2D eigenvalue weighted by atomic mass is 10.4. The van der Waals surface area contributed by atoms with Gasteiger partial charge in [-0.15, -0.1) is 10.2 Å². The van der Waals surface area contributed by atoms with Crippen molar-refractivity contribution < 1.29 is 0 Å². The Labute approximate surface area is 93.5 Å². The largest absolute Gasteiger partial charge is 0.311 e. The Morgan fingerprint density at radius 3 is 2.69 bits per heavy atom. The van der Waals surface area contributed by atoms with Gasteiger partial charge < -0.3 is 5.32 Å². The van der Waals surface area contributed by atoms with Crippen LogP contribution in [0.4, 0.5) is 0 Å². The lowest BCUT2D eigenvalue weighted by Gasteiger charge is -1.95. The van der Waals surface area contributed by atoms with Gasteiger partial charge in [-0.1, -0.05) is 17.4 Å². The zero-order valence-electron chi connectivity index (χ0n) is 9.46. The van der Waals surface area contributed by atoms with E-state index in [2.05, 4.69) is 32.9 Å². The molecule has 0 spiro atoms. The highest BCUT2D eigenvalue weighted by atomic mass is 15.4. The molecule has 7 nitrogen and oxygen atoms in total. The molecule has 0 fully saturated rings. The predicted molar refractivity (Wildman–Crippen MR) is 57.5 cm³/mol. The number of aryl methyl sites for hydroxylation is 1. The van der Waals surface area contributed by atoms with Gasteiger partial charge in [0.2, 0.25) is 0 Å². The highest BCUT2D eigenvalue weighted by molar-refractivity contribution is 4.96. The van der Waals surface area contributed by atoms with Crippen molar-refractivity contribution in [2.24, 2.45) is 7.05 Å². The topological polar surface area (TPSA) is 73.5 Å². The van der Waals surface area contributed by atoms with Gasteiger partial charge in [-0.25, -0.2) is 4.68 Å². The van der Waals surface area contributed by atoms with Crippen molar-refractivity contribution in [1.29, 1.82) is 0 Å². The van der Waals surface area contributed by atoms with Crippen LogP contribution in [0.25, 0.3) is 0 Å². The molecule has 0 atom stereocenters. The molecular formula is C9H15N7. The Kier molecular flexibility index (Phi) is 3.25. The molecule has 0 aliphatic heterocycles. The minimum Gasteiger partial charge on any atom is -0.311 e. The van der Waals surface area contributed by atoms with Crippen LogP contribution in [0, 0.1) is 0 Å². The van der Waals surface area contributed by atoms with E-state index in [1.807, 2.05) is 19.4 Å². The van der Waals surface area contributed by atoms with Crippen LogP contribution in [0.3, 0.4) is 0 Å². The van der Waals surface area contributed by atoms with Crippen molar-refractivity contribution in [2.45, 2.75) is 20.0 Å². The van der Waals surface area contributed by atoms with Crippen LogP contribution < -0.4 is 5.32 Å². The molecule has 2 rings (SSSR count). The summed E-state index contributed by atoms with van der Waals surface area (Å²) in [5, 5.41) is 19.1. The Morgan fingerprint density at radius 1 is 1.19 bits per heavy atom. The van der Waals surface area contributed by atoms with Gasteiger partial charge in [0.05, 0.1) is 18.4 Å². The van der Waals surface area contributed by atoms with E-state index < -0.39 is 0 Å². The molecule has 0 aliphatic rings. The third kappa shape index (κ3) is 2.63. The summed E-state index contributed by atoms with van der Waals surface area (Å²) < 4.78 is 3.43. The van der Waals surface area contributed by atoms with Gasteiger partial charge in [-0.05, 0) is 6.54 Å². The molecule has 2 aromatic heterocycles. The van der Waals surface area contributed by atoms with Crippen LogP contribution >= 0.6 is 0 Å². The highest BCUT2D eigenvalue weighted by Crippen LogP contribution is 1.97. The molecule has 0 saturated heterocycles. The Morgan fingerprint density at radius 2 is 2.00 bits per heavy atom. The van der Waals surface area contributed by atoms with Gasteiger partial charge in [0.1, 0.15) is 5.69 Å². The fraction of sp³-hybridized carbons (Fsp3) is 0.556. The first-order chi connectivity index (χ1) is 7.78. The van der Waals surface area contributed by atoms with Gasteiger partial charge >= 0.3 is 0 Å². The van der Waals surface area contributed by atoms with Crippen molar-refractivity contribution in [3.05, 3.63) is 23.8 Å². The number of hydrogen-bond donors (Lipinski definition) is 1. The van der Waals surface area contributed by atoms with Crippen LogP contribution in [-0.4, -0.2) is 36.5 Å². The lowest BCUT2D eigenvalue weighted by Crippen LogP contribution is -2.11. The summed E-state index contributed by atoms with van der Waals surface area (Å²) in [6.45, 7) is 4.34. The molecule has 0 aromatic carbocycles. The molecule has 0 unspecified atom stereocenters. The van der Waals surface area contributed by atoms with Gasteiger partial charge in [-0.3, -0.25) is 4.68 Å². The van der Waals surface area contributed by atoms with Crippen LogP contribution in [0.1, 0.15) is 18.3 Å². The van der Waals surface area contributed by atoms with Crippen molar-refractivity contribution in [1.82, 2.24) is 35.3 Å². The molecule has 0 bridgehead atoms. The second-order valence-electron chi connectivity index (χ2n) is 3.57. The summed E-state index contributed by atoms with van der Waals surface area (Å²) in [7, 11) is 1.84. The Balaban J connectivity index is 1.97. The zero-order valence-corrected chi connectivity index (χ0v) is 9.46. The minimum absolute atomic E-state index is 0.604. The maximum Gasteiger partial charge on any atom is 0.104 e. The SMILES string of the molecule is CCNCc1cn(Cc2cn(C)nn2)nn1. The highest BCUT2D eigenvalue weighted by Gasteiger charge is 2.03. The second kappa shape index (κ2) is 4.84. The fourth-order valence-electron chi connectivity index (χ4n) is 1.38. The van der Waals surface area contributed by atoms with Gasteiger partial charge in [0.25, 0.3) is 0 Å². The maximum absolute atomic E-state index is 4.05. The van der Waals surface area contributed by atoms with Crippen LogP contribution in [-0.2, 0) is 20.1 Å². The van der Waals surface area contributed by atoms with E-state index in [0.29, 0.717) is 6.54 Å². The van der Waals surface area contributed by atoms with Crippen LogP contribution in [0.15, 0.2) is 12.4 Å². The number of nitrogens with one attached hydrogen (secondary N) is 1. The second-order valence-corrected chi connectivity index (χ2v) is 3.57. The normalized spacial score (nSPS) is 10.9. The quantitative estimate of drug-likeness (QED) is 0.741. The minimum atomic E-state index is 0.604. The van der Waals surface area contributed by atoms with Crippen molar-refractivity contribution in [3.63, 3.8) is 0 Å². The summed E-state index contributed by atoms with van der Waals surface area (Å²) in [5.41, 5.74) is 1.81. The molecule has 0 amide bonds. The molecular weight excluding hydrogens is 206 g/mol. The monoisotopic (exact) mass is 221 g/mol.